The van der Waals surface area contributed by atoms with Crippen LogP contribution in [-0.4, -0.2) is 10.2 Å². The summed E-state index contributed by atoms with van der Waals surface area (Å²) in [5.74, 6) is 0.531. The van der Waals surface area contributed by atoms with Crippen LogP contribution in [0.2, 0.25) is 0 Å². The first-order valence-electron chi connectivity index (χ1n) is 4.81. The number of nitriles is 1. The van der Waals surface area contributed by atoms with E-state index in [1.807, 2.05) is 18.4 Å². The Labute approximate surface area is 97.6 Å². The zero-order valence-corrected chi connectivity index (χ0v) is 9.53. The van der Waals surface area contributed by atoms with Gasteiger partial charge in [-0.1, -0.05) is 0 Å². The van der Waals surface area contributed by atoms with Crippen LogP contribution in [0, 0.1) is 11.3 Å². The fraction of sp³-hybridized carbons (Fsp3) is 0.182. The van der Waals surface area contributed by atoms with Gasteiger partial charge in [-0.2, -0.15) is 21.7 Å². The lowest BCUT2D eigenvalue weighted by Gasteiger charge is -2.13. The molecule has 2 rings (SSSR count). The van der Waals surface area contributed by atoms with Gasteiger partial charge in [-0.05, 0) is 35.4 Å². The number of rotatable bonds is 3. The van der Waals surface area contributed by atoms with Gasteiger partial charge in [0.05, 0.1) is 17.8 Å². The van der Waals surface area contributed by atoms with Gasteiger partial charge in [-0.3, -0.25) is 0 Å². The highest BCUT2D eigenvalue weighted by atomic mass is 32.1. The van der Waals surface area contributed by atoms with Crippen molar-refractivity contribution in [1.82, 2.24) is 10.2 Å². The Morgan fingerprint density at radius 2 is 2.38 bits per heavy atom. The molecule has 4 nitrogen and oxygen atoms in total. The van der Waals surface area contributed by atoms with Gasteiger partial charge in [0, 0.05) is 0 Å². The van der Waals surface area contributed by atoms with Gasteiger partial charge in [-0.15, -0.1) is 5.10 Å². The van der Waals surface area contributed by atoms with E-state index in [2.05, 4.69) is 27.0 Å². The van der Waals surface area contributed by atoms with Crippen LogP contribution in [0.4, 0.5) is 5.82 Å². The van der Waals surface area contributed by atoms with Crippen molar-refractivity contribution in [2.45, 2.75) is 13.0 Å². The predicted molar refractivity (Wildman–Crippen MR) is 63.1 cm³/mol. The normalized spacial score (nSPS) is 11.8. The average molecular weight is 230 g/mol. The Hall–Kier alpha value is -1.93. The molecule has 2 aromatic heterocycles. The van der Waals surface area contributed by atoms with E-state index in [1.165, 1.54) is 11.8 Å². The summed E-state index contributed by atoms with van der Waals surface area (Å²) in [4.78, 5) is 0. The summed E-state index contributed by atoms with van der Waals surface area (Å²) in [7, 11) is 0. The van der Waals surface area contributed by atoms with E-state index in [4.69, 9.17) is 5.26 Å². The zero-order chi connectivity index (χ0) is 11.4. The highest BCUT2D eigenvalue weighted by Crippen LogP contribution is 2.21. The third-order valence-corrected chi connectivity index (χ3v) is 2.94. The first-order chi connectivity index (χ1) is 7.81. The highest BCUT2D eigenvalue weighted by Gasteiger charge is 2.09. The van der Waals surface area contributed by atoms with Crippen LogP contribution in [0.15, 0.2) is 29.1 Å². The molecule has 0 spiro atoms. The standard InChI is InChI=1S/C11H10N4S/c1-8(10-3-5-16-7-10)14-11-9(6-12)2-4-13-15-11/h2-5,7-8H,1H3,(H,14,15). The summed E-state index contributed by atoms with van der Waals surface area (Å²) in [5.41, 5.74) is 1.69. The number of nitrogens with one attached hydrogen (secondary N) is 1. The molecule has 0 aliphatic heterocycles. The number of hydrogen-bond acceptors (Lipinski definition) is 5. The molecule has 0 bridgehead atoms. The maximum Gasteiger partial charge on any atom is 0.167 e. The predicted octanol–water partition coefficient (Wildman–Crippen LogP) is 2.58. The Morgan fingerprint density at radius 1 is 1.50 bits per heavy atom. The molecule has 0 aliphatic carbocycles. The Kier molecular flexibility index (Phi) is 3.13. The van der Waals surface area contributed by atoms with Crippen molar-refractivity contribution in [2.24, 2.45) is 0 Å². The largest absolute Gasteiger partial charge is 0.361 e. The fourth-order valence-electron chi connectivity index (χ4n) is 1.34. The maximum absolute atomic E-state index is 8.91. The van der Waals surface area contributed by atoms with Crippen LogP contribution in [0.5, 0.6) is 0 Å². The quantitative estimate of drug-likeness (QED) is 0.880. The molecule has 1 unspecified atom stereocenters. The van der Waals surface area contributed by atoms with Gasteiger partial charge in [0.15, 0.2) is 5.82 Å². The number of aromatic nitrogens is 2. The molecule has 2 heterocycles. The number of hydrogen-bond donors (Lipinski definition) is 1. The zero-order valence-electron chi connectivity index (χ0n) is 8.71. The fourth-order valence-corrected chi connectivity index (χ4v) is 2.09. The first-order valence-corrected chi connectivity index (χ1v) is 5.76. The molecule has 80 valence electrons. The van der Waals surface area contributed by atoms with Crippen molar-refractivity contribution in [3.8, 4) is 6.07 Å². The van der Waals surface area contributed by atoms with E-state index in [0.29, 0.717) is 11.4 Å². The van der Waals surface area contributed by atoms with E-state index in [-0.39, 0.29) is 6.04 Å². The molecule has 0 aromatic carbocycles. The van der Waals surface area contributed by atoms with Gasteiger partial charge in [0.1, 0.15) is 6.07 Å². The minimum atomic E-state index is 0.120. The van der Waals surface area contributed by atoms with Crippen LogP contribution in [0.1, 0.15) is 24.1 Å². The maximum atomic E-state index is 8.91. The molecule has 5 heteroatoms. The van der Waals surface area contributed by atoms with Crippen molar-refractivity contribution in [3.63, 3.8) is 0 Å². The lowest BCUT2D eigenvalue weighted by Crippen LogP contribution is -2.09. The first kappa shape index (κ1) is 10.6. The molecule has 0 fully saturated rings. The van der Waals surface area contributed by atoms with E-state index in [9.17, 15) is 0 Å². The lowest BCUT2D eigenvalue weighted by atomic mass is 10.2. The molecular formula is C11H10N4S. The molecule has 16 heavy (non-hydrogen) atoms. The van der Waals surface area contributed by atoms with Crippen molar-refractivity contribution in [3.05, 3.63) is 40.2 Å². The Balaban J connectivity index is 2.19. The molecule has 0 aliphatic rings. The highest BCUT2D eigenvalue weighted by molar-refractivity contribution is 7.07. The molecular weight excluding hydrogens is 220 g/mol. The van der Waals surface area contributed by atoms with Crippen LogP contribution in [0.25, 0.3) is 0 Å². The summed E-state index contributed by atoms with van der Waals surface area (Å²) >= 11 is 1.65. The van der Waals surface area contributed by atoms with E-state index in [1.54, 1.807) is 17.4 Å². The Bertz CT molecular complexity index is 501. The number of thiophene rings is 1. The van der Waals surface area contributed by atoms with Crippen molar-refractivity contribution < 1.29 is 0 Å². The molecule has 0 saturated heterocycles. The van der Waals surface area contributed by atoms with Crippen LogP contribution < -0.4 is 5.32 Å². The van der Waals surface area contributed by atoms with Crippen molar-refractivity contribution >= 4 is 17.2 Å². The molecule has 0 saturated carbocycles. The smallest absolute Gasteiger partial charge is 0.167 e. The summed E-state index contributed by atoms with van der Waals surface area (Å²) in [5, 5.41) is 23.9. The Morgan fingerprint density at radius 3 is 3.06 bits per heavy atom. The molecule has 1 atom stereocenters. The van der Waals surface area contributed by atoms with Crippen molar-refractivity contribution in [1.29, 1.82) is 5.26 Å². The monoisotopic (exact) mass is 230 g/mol. The lowest BCUT2D eigenvalue weighted by molar-refractivity contribution is 0.863. The minimum Gasteiger partial charge on any atom is -0.361 e. The van der Waals surface area contributed by atoms with Gasteiger partial charge in [0.2, 0.25) is 0 Å². The second kappa shape index (κ2) is 4.73. The average Bonchev–Trinajstić information content (AvgIpc) is 2.83. The van der Waals surface area contributed by atoms with E-state index >= 15 is 0 Å². The van der Waals surface area contributed by atoms with Gasteiger partial charge >= 0.3 is 0 Å². The molecule has 1 N–H and O–H groups in total. The molecule has 0 radical (unpaired) electrons. The second-order valence-electron chi connectivity index (χ2n) is 3.33. The molecule has 2 aromatic rings. The summed E-state index contributed by atoms with van der Waals surface area (Å²) in [6.07, 6.45) is 1.51. The third-order valence-electron chi connectivity index (χ3n) is 2.24. The number of anilines is 1. The van der Waals surface area contributed by atoms with Gasteiger partial charge in [0.25, 0.3) is 0 Å². The van der Waals surface area contributed by atoms with E-state index < -0.39 is 0 Å². The van der Waals surface area contributed by atoms with Crippen LogP contribution in [0.3, 0.4) is 0 Å². The van der Waals surface area contributed by atoms with E-state index in [0.717, 1.165) is 0 Å². The summed E-state index contributed by atoms with van der Waals surface area (Å²) < 4.78 is 0. The van der Waals surface area contributed by atoms with Gasteiger partial charge < -0.3 is 5.32 Å². The molecule has 0 amide bonds. The summed E-state index contributed by atoms with van der Waals surface area (Å²) in [6, 6.07) is 5.90. The van der Waals surface area contributed by atoms with Crippen LogP contribution >= 0.6 is 11.3 Å². The third kappa shape index (κ3) is 2.18. The second-order valence-corrected chi connectivity index (χ2v) is 4.11. The van der Waals surface area contributed by atoms with Gasteiger partial charge in [-0.25, -0.2) is 0 Å². The number of nitrogens with zero attached hydrogens (tertiary/aromatic N) is 3. The summed E-state index contributed by atoms with van der Waals surface area (Å²) in [6.45, 7) is 2.03. The minimum absolute atomic E-state index is 0.120. The van der Waals surface area contributed by atoms with Crippen LogP contribution in [-0.2, 0) is 0 Å². The van der Waals surface area contributed by atoms with Crippen molar-refractivity contribution in [2.75, 3.05) is 5.32 Å². The topological polar surface area (TPSA) is 61.6 Å². The SMILES string of the molecule is CC(Nc1nnccc1C#N)c1ccsc1.